The first-order valence-electron chi connectivity index (χ1n) is 9.93. The van der Waals surface area contributed by atoms with Gasteiger partial charge in [-0.1, -0.05) is 6.07 Å². The summed E-state index contributed by atoms with van der Waals surface area (Å²) in [5, 5.41) is 0. The average Bonchev–Trinajstić information content (AvgIpc) is 2.79. The van der Waals surface area contributed by atoms with E-state index in [0.29, 0.717) is 43.3 Å². The molecule has 2 aliphatic rings. The van der Waals surface area contributed by atoms with Gasteiger partial charge in [0, 0.05) is 62.8 Å². The monoisotopic (exact) mass is 379 g/mol. The van der Waals surface area contributed by atoms with E-state index in [1.54, 1.807) is 42.7 Å². The van der Waals surface area contributed by atoms with E-state index in [2.05, 4.69) is 14.9 Å². The first-order chi connectivity index (χ1) is 13.7. The number of carbonyl (C=O) groups excluding carboxylic acids is 2. The summed E-state index contributed by atoms with van der Waals surface area (Å²) >= 11 is 0. The molecule has 0 saturated carbocycles. The van der Waals surface area contributed by atoms with Crippen molar-refractivity contribution in [2.45, 2.75) is 19.3 Å². The van der Waals surface area contributed by atoms with Gasteiger partial charge in [0.25, 0.3) is 11.8 Å². The third-order valence-electron chi connectivity index (χ3n) is 5.40. The van der Waals surface area contributed by atoms with Gasteiger partial charge in [-0.25, -0.2) is 9.97 Å². The van der Waals surface area contributed by atoms with E-state index in [1.165, 1.54) is 6.42 Å². The molecule has 0 unspecified atom stereocenters. The molecule has 0 aliphatic carbocycles. The quantitative estimate of drug-likeness (QED) is 0.817. The fourth-order valence-corrected chi connectivity index (χ4v) is 3.81. The van der Waals surface area contributed by atoms with E-state index in [9.17, 15) is 9.59 Å². The Hall–Kier alpha value is -2.96. The fraction of sp³-hybridized carbons (Fsp3) is 0.429. The van der Waals surface area contributed by atoms with Crippen molar-refractivity contribution < 1.29 is 9.59 Å². The summed E-state index contributed by atoms with van der Waals surface area (Å²) in [6, 6.07) is 8.94. The third kappa shape index (κ3) is 3.98. The maximum atomic E-state index is 12.9. The number of carbonyl (C=O) groups is 2. The maximum Gasteiger partial charge on any atom is 0.253 e. The van der Waals surface area contributed by atoms with Gasteiger partial charge >= 0.3 is 0 Å². The summed E-state index contributed by atoms with van der Waals surface area (Å²) < 4.78 is 0. The van der Waals surface area contributed by atoms with E-state index in [1.807, 2.05) is 9.80 Å². The van der Waals surface area contributed by atoms with Gasteiger partial charge in [0.1, 0.15) is 0 Å². The Morgan fingerprint density at radius 1 is 0.714 bits per heavy atom. The summed E-state index contributed by atoms with van der Waals surface area (Å²) in [7, 11) is 0. The molecule has 7 nitrogen and oxygen atoms in total. The molecule has 2 fully saturated rings. The largest absolute Gasteiger partial charge is 0.339 e. The highest BCUT2D eigenvalue weighted by Crippen LogP contribution is 2.17. The molecule has 146 valence electrons. The molecular formula is C21H25N5O2. The Morgan fingerprint density at radius 2 is 1.29 bits per heavy atom. The smallest absolute Gasteiger partial charge is 0.253 e. The van der Waals surface area contributed by atoms with E-state index in [4.69, 9.17) is 0 Å². The van der Waals surface area contributed by atoms with Crippen LogP contribution < -0.4 is 4.90 Å². The molecule has 7 heteroatoms. The van der Waals surface area contributed by atoms with Crippen molar-refractivity contribution >= 4 is 17.8 Å². The number of piperidine rings is 1. The number of aromatic nitrogens is 2. The van der Waals surface area contributed by atoms with Gasteiger partial charge in [0.2, 0.25) is 5.95 Å². The molecule has 1 aromatic carbocycles. The lowest BCUT2D eigenvalue weighted by atomic mass is 10.1. The van der Waals surface area contributed by atoms with Crippen LogP contribution in [0.25, 0.3) is 0 Å². The van der Waals surface area contributed by atoms with Gasteiger partial charge in [-0.3, -0.25) is 9.59 Å². The Morgan fingerprint density at radius 3 is 1.89 bits per heavy atom. The molecule has 1 aromatic heterocycles. The van der Waals surface area contributed by atoms with Crippen molar-refractivity contribution in [2.24, 2.45) is 0 Å². The number of nitrogens with zero attached hydrogens (tertiary/aromatic N) is 5. The molecule has 0 N–H and O–H groups in total. The standard InChI is InChI=1S/C21H25N5O2/c27-19(24-10-2-1-3-11-24)17-6-4-7-18(16-17)20(28)25-12-14-26(15-13-25)21-22-8-5-9-23-21/h4-9,16H,1-3,10-15H2. The van der Waals surface area contributed by atoms with Crippen molar-refractivity contribution in [1.82, 2.24) is 19.8 Å². The zero-order valence-electron chi connectivity index (χ0n) is 16.0. The Labute approximate surface area is 165 Å². The van der Waals surface area contributed by atoms with Crippen LogP contribution in [0.5, 0.6) is 0 Å². The van der Waals surface area contributed by atoms with Crippen molar-refractivity contribution in [3.05, 3.63) is 53.9 Å². The van der Waals surface area contributed by atoms with Crippen LogP contribution in [0, 0.1) is 0 Å². The van der Waals surface area contributed by atoms with E-state index in [-0.39, 0.29) is 11.8 Å². The number of hydrogen-bond donors (Lipinski definition) is 0. The van der Waals surface area contributed by atoms with E-state index in [0.717, 1.165) is 25.9 Å². The highest BCUT2D eigenvalue weighted by atomic mass is 16.2. The number of amides is 2. The molecular weight excluding hydrogens is 354 g/mol. The van der Waals surface area contributed by atoms with Crippen LogP contribution in [0.2, 0.25) is 0 Å². The first-order valence-corrected chi connectivity index (χ1v) is 9.93. The summed E-state index contributed by atoms with van der Waals surface area (Å²) in [6.45, 7) is 4.23. The molecule has 28 heavy (non-hydrogen) atoms. The average molecular weight is 379 g/mol. The van der Waals surface area contributed by atoms with Crippen LogP contribution in [-0.2, 0) is 0 Å². The van der Waals surface area contributed by atoms with Gasteiger partial charge in [0.15, 0.2) is 0 Å². The van der Waals surface area contributed by atoms with E-state index < -0.39 is 0 Å². The third-order valence-corrected chi connectivity index (χ3v) is 5.40. The van der Waals surface area contributed by atoms with Crippen molar-refractivity contribution in [1.29, 1.82) is 0 Å². The number of benzene rings is 1. The van der Waals surface area contributed by atoms with Gasteiger partial charge in [-0.05, 0) is 43.5 Å². The van der Waals surface area contributed by atoms with Gasteiger partial charge in [-0.15, -0.1) is 0 Å². The lowest BCUT2D eigenvalue weighted by molar-refractivity contribution is 0.0724. The summed E-state index contributed by atoms with van der Waals surface area (Å²) in [5.74, 6) is 0.700. The Bertz CT molecular complexity index is 828. The van der Waals surface area contributed by atoms with Crippen molar-refractivity contribution in [2.75, 3.05) is 44.2 Å². The molecule has 0 bridgehead atoms. The van der Waals surface area contributed by atoms with Crippen LogP contribution >= 0.6 is 0 Å². The second-order valence-electron chi connectivity index (χ2n) is 7.26. The van der Waals surface area contributed by atoms with Crippen LogP contribution in [-0.4, -0.2) is 70.9 Å². The predicted molar refractivity (Wildman–Crippen MR) is 106 cm³/mol. The minimum atomic E-state index is -0.0260. The molecule has 2 aliphatic heterocycles. The molecule has 3 heterocycles. The molecule has 2 saturated heterocycles. The molecule has 2 aromatic rings. The molecule has 0 spiro atoms. The van der Waals surface area contributed by atoms with Crippen LogP contribution in [0.3, 0.4) is 0 Å². The number of piperazine rings is 1. The number of likely N-dealkylation sites (tertiary alicyclic amines) is 1. The fourth-order valence-electron chi connectivity index (χ4n) is 3.81. The summed E-state index contributed by atoms with van der Waals surface area (Å²) in [5.41, 5.74) is 1.18. The van der Waals surface area contributed by atoms with E-state index >= 15 is 0 Å². The minimum Gasteiger partial charge on any atom is -0.339 e. The molecule has 4 rings (SSSR count). The van der Waals surface area contributed by atoms with Gasteiger partial charge in [0.05, 0.1) is 0 Å². The zero-order valence-corrected chi connectivity index (χ0v) is 16.0. The van der Waals surface area contributed by atoms with Crippen LogP contribution in [0.15, 0.2) is 42.7 Å². The molecule has 0 atom stereocenters. The predicted octanol–water partition coefficient (Wildman–Crippen LogP) is 2.07. The minimum absolute atomic E-state index is 0.0260. The molecule has 0 radical (unpaired) electrons. The lowest BCUT2D eigenvalue weighted by Crippen LogP contribution is -2.49. The van der Waals surface area contributed by atoms with Crippen LogP contribution in [0.4, 0.5) is 5.95 Å². The zero-order chi connectivity index (χ0) is 19.3. The van der Waals surface area contributed by atoms with Crippen molar-refractivity contribution in [3.8, 4) is 0 Å². The lowest BCUT2D eigenvalue weighted by Gasteiger charge is -2.34. The number of anilines is 1. The topological polar surface area (TPSA) is 69.6 Å². The highest BCUT2D eigenvalue weighted by Gasteiger charge is 2.24. The van der Waals surface area contributed by atoms with Gasteiger partial charge in [-0.2, -0.15) is 0 Å². The number of rotatable bonds is 3. The van der Waals surface area contributed by atoms with Crippen molar-refractivity contribution in [3.63, 3.8) is 0 Å². The second-order valence-corrected chi connectivity index (χ2v) is 7.26. The van der Waals surface area contributed by atoms with Crippen LogP contribution in [0.1, 0.15) is 40.0 Å². The SMILES string of the molecule is O=C(c1cccc(C(=O)N2CCN(c3ncccn3)CC2)c1)N1CCCCC1. The summed E-state index contributed by atoms with van der Waals surface area (Å²) in [4.78, 5) is 40.0. The van der Waals surface area contributed by atoms with Gasteiger partial charge < -0.3 is 14.7 Å². The number of hydrogen-bond acceptors (Lipinski definition) is 5. The Balaban J connectivity index is 1.40. The first kappa shape index (κ1) is 18.4. The Kier molecular flexibility index (Phi) is 5.50. The highest BCUT2D eigenvalue weighted by molar-refractivity contribution is 5.99. The summed E-state index contributed by atoms with van der Waals surface area (Å²) in [6.07, 6.45) is 6.75. The normalized spacial score (nSPS) is 17.5. The maximum absolute atomic E-state index is 12.9. The second kappa shape index (κ2) is 8.37. The molecule has 2 amide bonds.